The molecule has 1 aliphatic rings. The second kappa shape index (κ2) is 5.35. The van der Waals surface area contributed by atoms with Gasteiger partial charge in [-0.05, 0) is 35.9 Å². The highest BCUT2D eigenvalue weighted by atomic mass is 79.9. The highest BCUT2D eigenvalue weighted by Gasteiger charge is 2.15. The van der Waals surface area contributed by atoms with Crippen LogP contribution >= 0.6 is 15.9 Å². The number of halogens is 1. The summed E-state index contributed by atoms with van der Waals surface area (Å²) in [4.78, 5) is 20.5. The van der Waals surface area contributed by atoms with Gasteiger partial charge in [-0.15, -0.1) is 0 Å². The zero-order chi connectivity index (χ0) is 17.0. The number of hydrogen-bond donors (Lipinski definition) is 1. The molecule has 5 rings (SSSR count). The third-order valence-electron chi connectivity index (χ3n) is 4.32. The summed E-state index contributed by atoms with van der Waals surface area (Å²) in [5.74, 6) is 1.43. The molecule has 124 valence electrons. The molecule has 0 unspecified atom stereocenters. The lowest BCUT2D eigenvalue weighted by Crippen LogP contribution is -2.21. The van der Waals surface area contributed by atoms with Crippen molar-refractivity contribution in [2.45, 2.75) is 6.54 Å². The molecule has 2 aromatic carbocycles. The molecule has 0 fully saturated rings. The second-order valence-corrected chi connectivity index (χ2v) is 6.82. The number of nitrogens with one attached hydrogen (secondary N) is 1. The van der Waals surface area contributed by atoms with Gasteiger partial charge in [0.25, 0.3) is 5.56 Å². The molecule has 0 aliphatic carbocycles. The summed E-state index contributed by atoms with van der Waals surface area (Å²) in [5.41, 5.74) is 2.93. The van der Waals surface area contributed by atoms with Crippen LogP contribution in [0.3, 0.4) is 0 Å². The van der Waals surface area contributed by atoms with Gasteiger partial charge < -0.3 is 14.5 Å². The number of aromatic nitrogens is 3. The maximum atomic E-state index is 12.8. The third-order valence-corrected chi connectivity index (χ3v) is 4.82. The van der Waals surface area contributed by atoms with E-state index in [1.165, 1.54) is 0 Å². The van der Waals surface area contributed by atoms with Gasteiger partial charge in [-0.1, -0.05) is 22.0 Å². The van der Waals surface area contributed by atoms with Gasteiger partial charge in [0.15, 0.2) is 11.5 Å². The first-order chi connectivity index (χ1) is 12.2. The minimum atomic E-state index is -0.102. The van der Waals surface area contributed by atoms with E-state index in [1.807, 2.05) is 36.4 Å². The van der Waals surface area contributed by atoms with E-state index >= 15 is 0 Å². The maximum absolute atomic E-state index is 12.8. The van der Waals surface area contributed by atoms with Crippen molar-refractivity contribution in [3.05, 3.63) is 63.1 Å². The highest BCUT2D eigenvalue weighted by Crippen LogP contribution is 2.32. The first-order valence-electron chi connectivity index (χ1n) is 7.74. The summed E-state index contributed by atoms with van der Waals surface area (Å²) < 4.78 is 13.2. The van der Waals surface area contributed by atoms with Crippen LogP contribution in [-0.2, 0) is 6.54 Å². The fraction of sp³-hybridized carbons (Fsp3) is 0.111. The predicted molar refractivity (Wildman–Crippen MR) is 97.2 cm³/mol. The molecule has 0 bridgehead atoms. The van der Waals surface area contributed by atoms with E-state index in [0.29, 0.717) is 23.3 Å². The molecule has 0 atom stereocenters. The van der Waals surface area contributed by atoms with Gasteiger partial charge in [0.05, 0.1) is 12.9 Å². The van der Waals surface area contributed by atoms with Crippen molar-refractivity contribution >= 4 is 37.9 Å². The van der Waals surface area contributed by atoms with Crippen molar-refractivity contribution in [3.8, 4) is 11.5 Å². The summed E-state index contributed by atoms with van der Waals surface area (Å²) in [6.45, 7) is 0.647. The van der Waals surface area contributed by atoms with Crippen LogP contribution in [0.1, 0.15) is 5.56 Å². The monoisotopic (exact) mass is 397 g/mol. The van der Waals surface area contributed by atoms with E-state index < -0.39 is 0 Å². The van der Waals surface area contributed by atoms with Crippen molar-refractivity contribution < 1.29 is 9.47 Å². The average molecular weight is 398 g/mol. The van der Waals surface area contributed by atoms with Crippen LogP contribution in [0, 0.1) is 0 Å². The molecule has 1 aliphatic heterocycles. The summed E-state index contributed by atoms with van der Waals surface area (Å²) in [6, 6.07) is 11.5. The second-order valence-electron chi connectivity index (χ2n) is 5.90. The Morgan fingerprint density at radius 3 is 2.96 bits per heavy atom. The minimum Gasteiger partial charge on any atom is -0.454 e. The van der Waals surface area contributed by atoms with E-state index in [0.717, 1.165) is 26.7 Å². The number of rotatable bonds is 2. The number of benzene rings is 2. The smallest absolute Gasteiger partial charge is 0.277 e. The molecule has 25 heavy (non-hydrogen) atoms. The molecule has 0 saturated carbocycles. The Balaban J connectivity index is 1.61. The normalized spacial score (nSPS) is 13.0. The number of aromatic amines is 1. The quantitative estimate of drug-likeness (QED) is 0.562. The number of H-pyrrole nitrogens is 1. The third kappa shape index (κ3) is 2.31. The highest BCUT2D eigenvalue weighted by molar-refractivity contribution is 9.10. The van der Waals surface area contributed by atoms with E-state index in [-0.39, 0.29) is 12.4 Å². The molecule has 4 aromatic rings. The Labute approximate surface area is 150 Å². The predicted octanol–water partition coefficient (Wildman–Crippen LogP) is 3.42. The van der Waals surface area contributed by atoms with Gasteiger partial charge in [-0.25, -0.2) is 4.98 Å². The number of nitrogens with zero attached hydrogens (tertiary/aromatic N) is 2. The van der Waals surface area contributed by atoms with Gasteiger partial charge >= 0.3 is 0 Å². The zero-order valence-electron chi connectivity index (χ0n) is 13.0. The SMILES string of the molecule is O=c1c2[nH]c3ccc(Br)cc3c2ncn1Cc1ccc2c(c1)OCO2. The van der Waals surface area contributed by atoms with E-state index in [4.69, 9.17) is 9.47 Å². The van der Waals surface area contributed by atoms with Crippen LogP contribution in [0.4, 0.5) is 0 Å². The first kappa shape index (κ1) is 14.5. The van der Waals surface area contributed by atoms with Crippen LogP contribution in [0.2, 0.25) is 0 Å². The molecule has 1 N–H and O–H groups in total. The molecule has 0 spiro atoms. The number of hydrogen-bond acceptors (Lipinski definition) is 4. The lowest BCUT2D eigenvalue weighted by Gasteiger charge is -2.06. The Kier molecular flexibility index (Phi) is 3.11. The van der Waals surface area contributed by atoms with Gasteiger partial charge in [-0.2, -0.15) is 0 Å². The molecule has 0 saturated heterocycles. The fourth-order valence-corrected chi connectivity index (χ4v) is 3.47. The summed E-state index contributed by atoms with van der Waals surface area (Å²) in [7, 11) is 0. The molecular formula is C18H12BrN3O3. The van der Waals surface area contributed by atoms with E-state index in [2.05, 4.69) is 25.9 Å². The van der Waals surface area contributed by atoms with Crippen LogP contribution in [0.5, 0.6) is 11.5 Å². The lowest BCUT2D eigenvalue weighted by atomic mass is 10.2. The fourth-order valence-electron chi connectivity index (χ4n) is 3.11. The molecule has 2 aromatic heterocycles. The lowest BCUT2D eigenvalue weighted by molar-refractivity contribution is 0.174. The minimum absolute atomic E-state index is 0.102. The topological polar surface area (TPSA) is 69.1 Å². The molecule has 6 nitrogen and oxygen atoms in total. The maximum Gasteiger partial charge on any atom is 0.277 e. The number of fused-ring (bicyclic) bond motifs is 4. The standard InChI is InChI=1S/C18H12BrN3O3/c19-11-2-3-13-12(6-11)16-17(21-13)18(23)22(8-20-16)7-10-1-4-14-15(5-10)25-9-24-14/h1-6,8,21H,7,9H2. The zero-order valence-corrected chi connectivity index (χ0v) is 14.5. The molecule has 0 amide bonds. The van der Waals surface area contributed by atoms with Crippen molar-refractivity contribution in [3.63, 3.8) is 0 Å². The largest absolute Gasteiger partial charge is 0.454 e. The summed E-state index contributed by atoms with van der Waals surface area (Å²) >= 11 is 3.46. The van der Waals surface area contributed by atoms with E-state index in [1.54, 1.807) is 10.9 Å². The molecule has 7 heteroatoms. The van der Waals surface area contributed by atoms with Crippen LogP contribution < -0.4 is 15.0 Å². The van der Waals surface area contributed by atoms with Gasteiger partial charge in [-0.3, -0.25) is 9.36 Å². The van der Waals surface area contributed by atoms with Crippen molar-refractivity contribution in [1.82, 2.24) is 14.5 Å². The Hall–Kier alpha value is -2.80. The van der Waals surface area contributed by atoms with Gasteiger partial charge in [0.1, 0.15) is 11.0 Å². The van der Waals surface area contributed by atoms with Gasteiger partial charge in [0, 0.05) is 15.4 Å². The Bertz CT molecular complexity index is 1200. The van der Waals surface area contributed by atoms with Crippen LogP contribution in [0.25, 0.3) is 21.9 Å². The average Bonchev–Trinajstić information content (AvgIpc) is 3.21. The number of ether oxygens (including phenoxy) is 2. The van der Waals surface area contributed by atoms with E-state index in [9.17, 15) is 4.79 Å². The molecular weight excluding hydrogens is 386 g/mol. The van der Waals surface area contributed by atoms with Crippen molar-refractivity contribution in [1.29, 1.82) is 0 Å². The van der Waals surface area contributed by atoms with Crippen molar-refractivity contribution in [2.75, 3.05) is 6.79 Å². The van der Waals surface area contributed by atoms with Crippen molar-refractivity contribution in [2.24, 2.45) is 0 Å². The van der Waals surface area contributed by atoms with Gasteiger partial charge in [0.2, 0.25) is 6.79 Å². The Morgan fingerprint density at radius 1 is 1.16 bits per heavy atom. The first-order valence-corrected chi connectivity index (χ1v) is 8.53. The molecule has 0 radical (unpaired) electrons. The molecule has 3 heterocycles. The summed E-state index contributed by atoms with van der Waals surface area (Å²) in [5, 5.41) is 0.928. The van der Waals surface area contributed by atoms with Crippen LogP contribution in [0.15, 0.2) is 52.0 Å². The Morgan fingerprint density at radius 2 is 2.04 bits per heavy atom. The summed E-state index contributed by atoms with van der Waals surface area (Å²) in [6.07, 6.45) is 1.59. The van der Waals surface area contributed by atoms with Crippen LogP contribution in [-0.4, -0.2) is 21.3 Å².